The Morgan fingerprint density at radius 1 is 1.50 bits per heavy atom. The van der Waals surface area contributed by atoms with Crippen LogP contribution in [0.1, 0.15) is 25.0 Å². The van der Waals surface area contributed by atoms with Gasteiger partial charge in [0.05, 0.1) is 11.8 Å². The smallest absolute Gasteiger partial charge is 0.153 e. The Labute approximate surface area is 105 Å². The van der Waals surface area contributed by atoms with Crippen LogP contribution in [0, 0.1) is 16.7 Å². The lowest BCUT2D eigenvalue weighted by Crippen LogP contribution is -2.26. The Balaban J connectivity index is 1.96. The molecule has 1 aliphatic carbocycles. The standard InChI is InChI=1S/C14H13N3O/c15-10-14(6-3-4-12(14)18)8-11-9-17-7-2-1-5-13(17)16-11/h1-2,5,7,9H,3-4,6,8H2. The van der Waals surface area contributed by atoms with E-state index in [0.717, 1.165) is 17.8 Å². The Morgan fingerprint density at radius 3 is 3.06 bits per heavy atom. The van der Waals surface area contributed by atoms with Gasteiger partial charge in [0.25, 0.3) is 0 Å². The Bertz CT molecular complexity index is 619. The van der Waals surface area contributed by atoms with Crippen molar-refractivity contribution in [2.45, 2.75) is 25.7 Å². The molecule has 1 unspecified atom stereocenters. The van der Waals surface area contributed by atoms with Gasteiger partial charge in [0.1, 0.15) is 11.1 Å². The fourth-order valence-electron chi connectivity index (χ4n) is 2.66. The van der Waals surface area contributed by atoms with Gasteiger partial charge in [-0.3, -0.25) is 4.79 Å². The lowest BCUT2D eigenvalue weighted by atomic mass is 9.82. The van der Waals surface area contributed by atoms with E-state index < -0.39 is 5.41 Å². The molecule has 0 N–H and O–H groups in total. The quantitative estimate of drug-likeness (QED) is 0.806. The normalized spacial score (nSPS) is 23.4. The zero-order chi connectivity index (χ0) is 12.6. The van der Waals surface area contributed by atoms with E-state index in [2.05, 4.69) is 11.1 Å². The summed E-state index contributed by atoms with van der Waals surface area (Å²) < 4.78 is 1.92. The van der Waals surface area contributed by atoms with Gasteiger partial charge in [-0.25, -0.2) is 4.98 Å². The van der Waals surface area contributed by atoms with Crippen molar-refractivity contribution in [1.82, 2.24) is 9.38 Å². The second-order valence-electron chi connectivity index (χ2n) is 4.85. The average molecular weight is 239 g/mol. The minimum Gasteiger partial charge on any atom is -0.307 e. The summed E-state index contributed by atoms with van der Waals surface area (Å²) in [5.74, 6) is 0.0713. The first-order chi connectivity index (χ1) is 8.73. The number of aromatic nitrogens is 2. The highest BCUT2D eigenvalue weighted by Gasteiger charge is 2.42. The van der Waals surface area contributed by atoms with E-state index in [4.69, 9.17) is 0 Å². The van der Waals surface area contributed by atoms with Gasteiger partial charge in [-0.2, -0.15) is 5.26 Å². The molecule has 1 atom stereocenters. The van der Waals surface area contributed by atoms with Gasteiger partial charge in [-0.1, -0.05) is 6.07 Å². The summed E-state index contributed by atoms with van der Waals surface area (Å²) in [6, 6.07) is 7.99. The van der Waals surface area contributed by atoms with E-state index in [1.165, 1.54) is 0 Å². The molecule has 0 saturated heterocycles. The minimum atomic E-state index is -0.835. The van der Waals surface area contributed by atoms with Crippen LogP contribution in [-0.4, -0.2) is 15.2 Å². The van der Waals surface area contributed by atoms with E-state index in [0.29, 0.717) is 19.3 Å². The molecule has 1 fully saturated rings. The number of carbonyl (C=O) groups excluding carboxylic acids is 1. The number of imidazole rings is 1. The topological polar surface area (TPSA) is 58.2 Å². The van der Waals surface area contributed by atoms with Crippen LogP contribution >= 0.6 is 0 Å². The van der Waals surface area contributed by atoms with Crippen molar-refractivity contribution in [2.24, 2.45) is 5.41 Å². The number of fused-ring (bicyclic) bond motifs is 1. The monoisotopic (exact) mass is 239 g/mol. The maximum atomic E-state index is 11.9. The van der Waals surface area contributed by atoms with Crippen LogP contribution in [0.15, 0.2) is 30.6 Å². The largest absolute Gasteiger partial charge is 0.307 e. The fraction of sp³-hybridized carbons (Fsp3) is 0.357. The van der Waals surface area contributed by atoms with Crippen LogP contribution in [0.2, 0.25) is 0 Å². The molecule has 2 heterocycles. The molecular weight excluding hydrogens is 226 g/mol. The summed E-state index contributed by atoms with van der Waals surface area (Å²) in [5, 5.41) is 9.32. The third kappa shape index (κ3) is 1.60. The van der Waals surface area contributed by atoms with Crippen LogP contribution in [-0.2, 0) is 11.2 Å². The summed E-state index contributed by atoms with van der Waals surface area (Å²) in [7, 11) is 0. The maximum absolute atomic E-state index is 11.9. The Morgan fingerprint density at radius 2 is 2.39 bits per heavy atom. The first-order valence-corrected chi connectivity index (χ1v) is 6.11. The van der Waals surface area contributed by atoms with Crippen LogP contribution in [0.25, 0.3) is 5.65 Å². The number of hydrogen-bond acceptors (Lipinski definition) is 3. The van der Waals surface area contributed by atoms with Crippen LogP contribution in [0.5, 0.6) is 0 Å². The van der Waals surface area contributed by atoms with Gasteiger partial charge in [0.15, 0.2) is 5.78 Å². The Hall–Kier alpha value is -2.15. The molecule has 1 aliphatic rings. The zero-order valence-corrected chi connectivity index (χ0v) is 9.97. The highest BCUT2D eigenvalue weighted by atomic mass is 16.1. The second-order valence-corrected chi connectivity index (χ2v) is 4.85. The van der Waals surface area contributed by atoms with E-state index in [1.807, 2.05) is 35.0 Å². The molecule has 0 amide bonds. The lowest BCUT2D eigenvalue weighted by Gasteiger charge is -2.16. The van der Waals surface area contributed by atoms with Crippen LogP contribution < -0.4 is 0 Å². The average Bonchev–Trinajstić information content (AvgIpc) is 2.94. The Kier molecular flexibility index (Phi) is 2.41. The highest BCUT2D eigenvalue weighted by molar-refractivity contribution is 5.89. The number of nitriles is 1. The summed E-state index contributed by atoms with van der Waals surface area (Å²) >= 11 is 0. The third-order valence-electron chi connectivity index (χ3n) is 3.65. The molecule has 90 valence electrons. The van der Waals surface area contributed by atoms with Crippen molar-refractivity contribution in [3.8, 4) is 6.07 Å². The summed E-state index contributed by atoms with van der Waals surface area (Å²) in [4.78, 5) is 16.4. The predicted octanol–water partition coefficient (Wildman–Crippen LogP) is 2.14. The van der Waals surface area contributed by atoms with E-state index in [9.17, 15) is 10.1 Å². The number of ketones is 1. The van der Waals surface area contributed by atoms with Gasteiger partial charge in [-0.05, 0) is 25.0 Å². The molecule has 0 spiro atoms. The number of hydrogen-bond donors (Lipinski definition) is 0. The summed E-state index contributed by atoms with van der Waals surface area (Å²) in [6.07, 6.45) is 6.27. The SMILES string of the molecule is N#CC1(Cc2cn3ccccc3n2)CCCC1=O. The maximum Gasteiger partial charge on any atom is 0.153 e. The van der Waals surface area contributed by atoms with Gasteiger partial charge in [0.2, 0.25) is 0 Å². The molecule has 1 saturated carbocycles. The molecule has 2 aromatic rings. The van der Waals surface area contributed by atoms with Gasteiger partial charge < -0.3 is 4.40 Å². The predicted molar refractivity (Wildman–Crippen MR) is 65.8 cm³/mol. The van der Waals surface area contributed by atoms with Gasteiger partial charge in [-0.15, -0.1) is 0 Å². The van der Waals surface area contributed by atoms with E-state index in [1.54, 1.807) is 0 Å². The van der Waals surface area contributed by atoms with Crippen molar-refractivity contribution < 1.29 is 4.79 Å². The van der Waals surface area contributed by atoms with Crippen molar-refractivity contribution in [1.29, 1.82) is 5.26 Å². The molecule has 0 aromatic carbocycles. The van der Waals surface area contributed by atoms with Crippen molar-refractivity contribution in [3.63, 3.8) is 0 Å². The number of pyridine rings is 1. The highest BCUT2D eigenvalue weighted by Crippen LogP contribution is 2.37. The summed E-state index contributed by atoms with van der Waals surface area (Å²) in [6.45, 7) is 0. The fourth-order valence-corrected chi connectivity index (χ4v) is 2.66. The third-order valence-corrected chi connectivity index (χ3v) is 3.65. The molecule has 3 rings (SSSR count). The molecule has 0 aliphatic heterocycles. The number of Topliss-reactive ketones (excluding diaryl/α,β-unsaturated/α-hetero) is 1. The molecular formula is C14H13N3O. The molecule has 0 radical (unpaired) electrons. The van der Waals surface area contributed by atoms with Crippen molar-refractivity contribution in [3.05, 3.63) is 36.3 Å². The van der Waals surface area contributed by atoms with Gasteiger partial charge >= 0.3 is 0 Å². The van der Waals surface area contributed by atoms with Crippen molar-refractivity contribution >= 4 is 11.4 Å². The number of rotatable bonds is 2. The number of carbonyl (C=O) groups is 1. The van der Waals surface area contributed by atoms with E-state index in [-0.39, 0.29) is 5.78 Å². The van der Waals surface area contributed by atoms with Crippen LogP contribution in [0.3, 0.4) is 0 Å². The first-order valence-electron chi connectivity index (χ1n) is 6.11. The van der Waals surface area contributed by atoms with Crippen LogP contribution in [0.4, 0.5) is 0 Å². The van der Waals surface area contributed by atoms with Gasteiger partial charge in [0, 0.05) is 25.2 Å². The van der Waals surface area contributed by atoms with Crippen molar-refractivity contribution in [2.75, 3.05) is 0 Å². The molecule has 2 aromatic heterocycles. The lowest BCUT2D eigenvalue weighted by molar-refractivity contribution is -0.123. The minimum absolute atomic E-state index is 0.0713. The summed E-state index contributed by atoms with van der Waals surface area (Å²) in [5.41, 5.74) is 0.835. The molecule has 4 heteroatoms. The molecule has 18 heavy (non-hydrogen) atoms. The first kappa shape index (κ1) is 11.0. The zero-order valence-electron chi connectivity index (χ0n) is 9.97. The number of nitrogens with zero attached hydrogens (tertiary/aromatic N) is 3. The molecule has 0 bridgehead atoms. The van der Waals surface area contributed by atoms with E-state index >= 15 is 0 Å². The second kappa shape index (κ2) is 3.95. The molecule has 4 nitrogen and oxygen atoms in total.